The molecule has 1 saturated carbocycles. The van der Waals surface area contributed by atoms with Crippen LogP contribution in [-0.4, -0.2) is 37.6 Å². The maximum absolute atomic E-state index is 11.9. The van der Waals surface area contributed by atoms with E-state index in [1.165, 1.54) is 24.8 Å². The summed E-state index contributed by atoms with van der Waals surface area (Å²) in [5.74, 6) is 0. The average Bonchev–Trinajstić information content (AvgIpc) is 2.71. The fourth-order valence-electron chi connectivity index (χ4n) is 3.10. The van der Waals surface area contributed by atoms with Crippen LogP contribution in [0.1, 0.15) is 24.8 Å². The minimum absolute atomic E-state index is 0.0879. The molecular formula is C15H21N3O. The first-order valence-electron chi connectivity index (χ1n) is 6.99. The first kappa shape index (κ1) is 12.5. The molecule has 0 spiro atoms. The Morgan fingerprint density at radius 2 is 1.89 bits per heavy atom. The monoisotopic (exact) mass is 259 g/mol. The van der Waals surface area contributed by atoms with Crippen molar-refractivity contribution in [2.75, 3.05) is 31.6 Å². The van der Waals surface area contributed by atoms with Gasteiger partial charge in [0.1, 0.15) is 0 Å². The Hall–Kier alpha value is -1.55. The van der Waals surface area contributed by atoms with Crippen molar-refractivity contribution in [3.05, 3.63) is 29.8 Å². The Bertz CT molecular complexity index is 473. The molecule has 1 saturated heterocycles. The molecule has 1 aliphatic carbocycles. The van der Waals surface area contributed by atoms with Crippen molar-refractivity contribution in [2.24, 2.45) is 5.73 Å². The molecule has 1 aromatic carbocycles. The number of amides is 2. The van der Waals surface area contributed by atoms with E-state index in [0.29, 0.717) is 0 Å². The number of urea groups is 1. The van der Waals surface area contributed by atoms with Gasteiger partial charge in [-0.3, -0.25) is 4.90 Å². The van der Waals surface area contributed by atoms with Crippen LogP contribution in [-0.2, 0) is 5.41 Å². The van der Waals surface area contributed by atoms with E-state index in [2.05, 4.69) is 24.3 Å². The van der Waals surface area contributed by atoms with Gasteiger partial charge in [0.2, 0.25) is 0 Å². The van der Waals surface area contributed by atoms with Gasteiger partial charge in [0.05, 0.1) is 0 Å². The predicted octanol–water partition coefficient (Wildman–Crippen LogP) is 1.94. The molecule has 3 rings (SSSR count). The van der Waals surface area contributed by atoms with Gasteiger partial charge >= 0.3 is 6.03 Å². The van der Waals surface area contributed by atoms with Crippen LogP contribution in [0.3, 0.4) is 0 Å². The summed E-state index contributed by atoms with van der Waals surface area (Å²) >= 11 is 0. The molecule has 0 atom stereocenters. The highest BCUT2D eigenvalue weighted by molar-refractivity contribution is 5.93. The molecule has 0 radical (unpaired) electrons. The van der Waals surface area contributed by atoms with Crippen LogP contribution in [0.15, 0.2) is 24.3 Å². The molecular weight excluding hydrogens is 238 g/mol. The molecule has 1 aromatic rings. The number of anilines is 1. The summed E-state index contributed by atoms with van der Waals surface area (Å²) in [5, 5.41) is 0. The van der Waals surface area contributed by atoms with E-state index in [0.717, 1.165) is 25.3 Å². The molecule has 4 heteroatoms. The van der Waals surface area contributed by atoms with Crippen LogP contribution in [0.4, 0.5) is 10.5 Å². The van der Waals surface area contributed by atoms with Crippen molar-refractivity contribution in [1.29, 1.82) is 0 Å². The largest absolute Gasteiger partial charge is 0.330 e. The molecule has 0 aromatic heterocycles. The van der Waals surface area contributed by atoms with E-state index >= 15 is 0 Å². The first-order chi connectivity index (χ1) is 9.16. The second-order valence-electron chi connectivity index (χ2n) is 5.74. The number of nitrogens with two attached hydrogens (primary N) is 1. The van der Waals surface area contributed by atoms with E-state index < -0.39 is 0 Å². The maximum atomic E-state index is 11.9. The molecule has 1 heterocycles. The van der Waals surface area contributed by atoms with Crippen molar-refractivity contribution in [3.63, 3.8) is 0 Å². The molecule has 2 amide bonds. The highest BCUT2D eigenvalue weighted by atomic mass is 16.2. The number of carbonyl (C=O) groups is 1. The zero-order valence-corrected chi connectivity index (χ0v) is 11.4. The van der Waals surface area contributed by atoms with Gasteiger partial charge in [-0.05, 0) is 30.5 Å². The third-order valence-corrected chi connectivity index (χ3v) is 4.71. The number of hydrogen-bond donors (Lipinski definition) is 1. The Morgan fingerprint density at radius 1 is 1.21 bits per heavy atom. The van der Waals surface area contributed by atoms with Gasteiger partial charge in [-0.15, -0.1) is 0 Å². The second-order valence-corrected chi connectivity index (χ2v) is 5.74. The van der Waals surface area contributed by atoms with Crippen LogP contribution in [0.2, 0.25) is 0 Å². The van der Waals surface area contributed by atoms with Gasteiger partial charge < -0.3 is 10.6 Å². The number of nitrogens with zero attached hydrogens (tertiary/aromatic N) is 2. The number of rotatable bonds is 3. The molecule has 2 aliphatic rings. The highest BCUT2D eigenvalue weighted by Crippen LogP contribution is 2.43. The normalized spacial score (nSPS) is 21.7. The van der Waals surface area contributed by atoms with Gasteiger partial charge in [-0.1, -0.05) is 18.6 Å². The summed E-state index contributed by atoms with van der Waals surface area (Å²) in [6, 6.07) is 8.49. The molecule has 0 unspecified atom stereocenters. The third kappa shape index (κ3) is 1.91. The summed E-state index contributed by atoms with van der Waals surface area (Å²) < 4.78 is 0. The Kier molecular flexibility index (Phi) is 2.97. The number of likely N-dealkylation sites (N-methyl/N-ethyl adjacent to an activating group) is 1. The van der Waals surface area contributed by atoms with Crippen molar-refractivity contribution < 1.29 is 4.79 Å². The van der Waals surface area contributed by atoms with Gasteiger partial charge in [0.15, 0.2) is 0 Å². The lowest BCUT2D eigenvalue weighted by Crippen LogP contribution is -2.41. The molecule has 2 N–H and O–H groups in total. The smallest absolute Gasteiger partial charge is 0.324 e. The minimum Gasteiger partial charge on any atom is -0.330 e. The van der Waals surface area contributed by atoms with Crippen LogP contribution < -0.4 is 10.6 Å². The summed E-state index contributed by atoms with van der Waals surface area (Å²) in [4.78, 5) is 15.5. The van der Waals surface area contributed by atoms with E-state index in [1.54, 1.807) is 4.90 Å². The molecule has 2 fully saturated rings. The molecule has 19 heavy (non-hydrogen) atoms. The fraction of sp³-hybridized carbons (Fsp3) is 0.533. The summed E-state index contributed by atoms with van der Waals surface area (Å²) in [6.45, 7) is 2.29. The van der Waals surface area contributed by atoms with Crippen LogP contribution in [0.25, 0.3) is 0 Å². The lowest BCUT2D eigenvalue weighted by Gasteiger charge is -2.41. The van der Waals surface area contributed by atoms with E-state index in [9.17, 15) is 4.79 Å². The van der Waals surface area contributed by atoms with Gasteiger partial charge in [-0.25, -0.2) is 4.79 Å². The zero-order chi connectivity index (χ0) is 13.5. The SMILES string of the molecule is CN1CCN(c2ccc(C3(CN)CCC3)cc2)C1=O. The third-order valence-electron chi connectivity index (χ3n) is 4.71. The summed E-state index contributed by atoms with van der Waals surface area (Å²) in [6.07, 6.45) is 3.65. The van der Waals surface area contributed by atoms with Crippen molar-refractivity contribution in [2.45, 2.75) is 24.7 Å². The summed E-state index contributed by atoms with van der Waals surface area (Å²) in [7, 11) is 1.84. The van der Waals surface area contributed by atoms with Gasteiger partial charge in [0.25, 0.3) is 0 Å². The van der Waals surface area contributed by atoms with E-state index in [4.69, 9.17) is 5.73 Å². The molecule has 1 aliphatic heterocycles. The van der Waals surface area contributed by atoms with E-state index in [-0.39, 0.29) is 11.4 Å². The van der Waals surface area contributed by atoms with Crippen LogP contribution in [0, 0.1) is 0 Å². The van der Waals surface area contributed by atoms with Crippen LogP contribution >= 0.6 is 0 Å². The predicted molar refractivity (Wildman–Crippen MR) is 76.4 cm³/mol. The fourth-order valence-corrected chi connectivity index (χ4v) is 3.10. The minimum atomic E-state index is 0.0879. The number of carbonyl (C=O) groups excluding carboxylic acids is 1. The number of benzene rings is 1. The standard InChI is InChI=1S/C15H21N3O/c1-17-9-10-18(14(17)19)13-5-3-12(4-6-13)15(11-16)7-2-8-15/h3-6H,2,7-11,16H2,1H3. The van der Waals surface area contributed by atoms with Crippen LogP contribution in [0.5, 0.6) is 0 Å². The Labute approximate surface area is 114 Å². The Balaban J connectivity index is 1.81. The van der Waals surface area contributed by atoms with Crippen molar-refractivity contribution >= 4 is 11.7 Å². The topological polar surface area (TPSA) is 49.6 Å². The average molecular weight is 259 g/mol. The highest BCUT2D eigenvalue weighted by Gasteiger charge is 2.37. The molecule has 102 valence electrons. The Morgan fingerprint density at radius 3 is 2.32 bits per heavy atom. The summed E-state index contributed by atoms with van der Waals surface area (Å²) in [5.41, 5.74) is 8.44. The molecule has 4 nitrogen and oxygen atoms in total. The first-order valence-corrected chi connectivity index (χ1v) is 6.99. The lowest BCUT2D eigenvalue weighted by molar-refractivity contribution is 0.229. The quantitative estimate of drug-likeness (QED) is 0.902. The van der Waals surface area contributed by atoms with Crippen molar-refractivity contribution in [3.8, 4) is 0 Å². The second kappa shape index (κ2) is 4.53. The van der Waals surface area contributed by atoms with E-state index in [1.807, 2.05) is 11.9 Å². The molecule has 0 bridgehead atoms. The number of hydrogen-bond acceptors (Lipinski definition) is 2. The van der Waals surface area contributed by atoms with Gasteiger partial charge in [0, 0.05) is 37.8 Å². The van der Waals surface area contributed by atoms with Gasteiger partial charge in [-0.2, -0.15) is 0 Å². The zero-order valence-electron chi connectivity index (χ0n) is 11.4. The lowest BCUT2D eigenvalue weighted by atomic mass is 9.64. The maximum Gasteiger partial charge on any atom is 0.324 e. The van der Waals surface area contributed by atoms with Crippen molar-refractivity contribution in [1.82, 2.24) is 4.90 Å².